The van der Waals surface area contributed by atoms with Crippen molar-refractivity contribution in [3.63, 3.8) is 0 Å². The van der Waals surface area contributed by atoms with Gasteiger partial charge in [-0.25, -0.2) is 5.10 Å². The van der Waals surface area contributed by atoms with Crippen molar-refractivity contribution >= 4 is 11.9 Å². The fourth-order valence-corrected chi connectivity index (χ4v) is 2.61. The number of rotatable bonds is 5. The van der Waals surface area contributed by atoms with Gasteiger partial charge in [-0.15, -0.1) is 10.2 Å². The zero-order valence-electron chi connectivity index (χ0n) is 14.5. The summed E-state index contributed by atoms with van der Waals surface area (Å²) >= 11 is 0. The van der Waals surface area contributed by atoms with Gasteiger partial charge >= 0.3 is 0 Å². The Morgan fingerprint density at radius 2 is 1.61 bits per heavy atom. The summed E-state index contributed by atoms with van der Waals surface area (Å²) in [5, 5.41) is 14.3. The van der Waals surface area contributed by atoms with Gasteiger partial charge in [0.05, 0.1) is 5.69 Å². The van der Waals surface area contributed by atoms with Crippen molar-refractivity contribution in [1.82, 2.24) is 30.4 Å². The second-order valence-electron chi connectivity index (χ2n) is 5.77. The van der Waals surface area contributed by atoms with Gasteiger partial charge in [-0.05, 0) is 18.2 Å². The summed E-state index contributed by atoms with van der Waals surface area (Å²) < 4.78 is 1.79. The van der Waals surface area contributed by atoms with E-state index in [4.69, 9.17) is 0 Å². The van der Waals surface area contributed by atoms with Crippen LogP contribution in [0.2, 0.25) is 0 Å². The number of para-hydroxylation sites is 1. The molecule has 2 aromatic heterocycles. The minimum atomic E-state index is -0.528. The zero-order valence-corrected chi connectivity index (χ0v) is 14.5. The van der Waals surface area contributed by atoms with Crippen LogP contribution in [0.3, 0.4) is 0 Å². The SMILES string of the molecule is O=C(NNc1nnc(-c2ccccc2)n1-c1ccccc1)c1ccc(=O)[nH]n1. The van der Waals surface area contributed by atoms with Gasteiger partial charge in [0.15, 0.2) is 11.5 Å². The number of nitrogens with zero attached hydrogens (tertiary/aromatic N) is 4. The fraction of sp³-hybridized carbons (Fsp3) is 0. The zero-order chi connectivity index (χ0) is 19.3. The highest BCUT2D eigenvalue weighted by Crippen LogP contribution is 2.24. The molecule has 1 amide bonds. The van der Waals surface area contributed by atoms with E-state index in [0.29, 0.717) is 11.8 Å². The highest BCUT2D eigenvalue weighted by Gasteiger charge is 2.16. The van der Waals surface area contributed by atoms with Crippen molar-refractivity contribution in [2.75, 3.05) is 5.43 Å². The van der Waals surface area contributed by atoms with Crippen molar-refractivity contribution in [1.29, 1.82) is 0 Å². The molecule has 0 bridgehead atoms. The predicted molar refractivity (Wildman–Crippen MR) is 103 cm³/mol. The van der Waals surface area contributed by atoms with Crippen LogP contribution in [0, 0.1) is 0 Å². The van der Waals surface area contributed by atoms with Gasteiger partial charge in [0.25, 0.3) is 11.5 Å². The molecule has 3 N–H and O–H groups in total. The maximum Gasteiger partial charge on any atom is 0.290 e. The first-order valence-corrected chi connectivity index (χ1v) is 8.41. The third kappa shape index (κ3) is 3.49. The van der Waals surface area contributed by atoms with Crippen molar-refractivity contribution in [2.45, 2.75) is 0 Å². The Morgan fingerprint density at radius 3 is 2.29 bits per heavy atom. The largest absolute Gasteiger partial charge is 0.290 e. The molecule has 0 aliphatic rings. The molecule has 9 nitrogen and oxygen atoms in total. The van der Waals surface area contributed by atoms with Gasteiger partial charge in [-0.2, -0.15) is 5.10 Å². The monoisotopic (exact) mass is 373 g/mol. The molecule has 0 fully saturated rings. The second-order valence-corrected chi connectivity index (χ2v) is 5.77. The van der Waals surface area contributed by atoms with Crippen LogP contribution in [-0.4, -0.2) is 30.9 Å². The normalized spacial score (nSPS) is 10.4. The number of hydrazine groups is 1. The van der Waals surface area contributed by atoms with Crippen LogP contribution in [-0.2, 0) is 0 Å². The number of amides is 1. The Hall–Kier alpha value is -4.27. The van der Waals surface area contributed by atoms with Crippen LogP contribution in [0.5, 0.6) is 0 Å². The van der Waals surface area contributed by atoms with Gasteiger partial charge in [0.1, 0.15) is 0 Å². The molecule has 2 aromatic carbocycles. The molecule has 0 unspecified atom stereocenters. The lowest BCUT2D eigenvalue weighted by Gasteiger charge is -2.12. The van der Waals surface area contributed by atoms with Crippen LogP contribution in [0.15, 0.2) is 77.6 Å². The smallest absolute Gasteiger partial charge is 0.268 e. The van der Waals surface area contributed by atoms with E-state index in [1.54, 1.807) is 4.57 Å². The molecule has 0 radical (unpaired) electrons. The van der Waals surface area contributed by atoms with Crippen LogP contribution < -0.4 is 16.4 Å². The van der Waals surface area contributed by atoms with Crippen molar-refractivity contribution in [3.05, 3.63) is 88.8 Å². The summed E-state index contributed by atoms with van der Waals surface area (Å²) in [6.07, 6.45) is 0. The topological polar surface area (TPSA) is 118 Å². The quantitative estimate of drug-likeness (QED) is 0.459. The maximum atomic E-state index is 12.2. The summed E-state index contributed by atoms with van der Waals surface area (Å²) in [5.41, 5.74) is 6.65. The van der Waals surface area contributed by atoms with Gasteiger partial charge in [0, 0.05) is 11.6 Å². The van der Waals surface area contributed by atoms with Crippen molar-refractivity contribution in [3.8, 4) is 17.1 Å². The first kappa shape index (κ1) is 17.2. The van der Waals surface area contributed by atoms with Crippen LogP contribution >= 0.6 is 0 Å². The van der Waals surface area contributed by atoms with Crippen molar-refractivity contribution in [2.24, 2.45) is 0 Å². The summed E-state index contributed by atoms with van der Waals surface area (Å²) in [5.74, 6) is 0.411. The molecule has 0 spiro atoms. The number of hydrogen-bond donors (Lipinski definition) is 3. The number of hydrogen-bond acceptors (Lipinski definition) is 6. The summed E-state index contributed by atoms with van der Waals surface area (Å²) in [6, 6.07) is 21.7. The number of carbonyl (C=O) groups excluding carboxylic acids is 1. The molecule has 0 aliphatic heterocycles. The van der Waals surface area contributed by atoms with E-state index in [9.17, 15) is 9.59 Å². The molecule has 0 saturated carbocycles. The van der Waals surface area contributed by atoms with Crippen LogP contribution in [0.1, 0.15) is 10.5 Å². The Balaban J connectivity index is 1.65. The maximum absolute atomic E-state index is 12.2. The number of anilines is 1. The molecule has 4 rings (SSSR count). The predicted octanol–water partition coefficient (Wildman–Crippen LogP) is 1.77. The van der Waals surface area contributed by atoms with E-state index in [0.717, 1.165) is 11.3 Å². The van der Waals surface area contributed by atoms with E-state index >= 15 is 0 Å². The molecule has 2 heterocycles. The molecule has 9 heteroatoms. The highest BCUT2D eigenvalue weighted by molar-refractivity contribution is 5.92. The van der Waals surface area contributed by atoms with Gasteiger partial charge < -0.3 is 0 Å². The third-order valence-corrected chi connectivity index (χ3v) is 3.91. The molecule has 0 atom stereocenters. The number of nitrogens with one attached hydrogen (secondary N) is 3. The minimum absolute atomic E-state index is 0.0566. The van der Waals surface area contributed by atoms with Gasteiger partial charge in [0.2, 0.25) is 5.95 Å². The summed E-state index contributed by atoms with van der Waals surface area (Å²) in [6.45, 7) is 0. The van der Waals surface area contributed by atoms with Crippen LogP contribution in [0.25, 0.3) is 17.1 Å². The van der Waals surface area contributed by atoms with Crippen LogP contribution in [0.4, 0.5) is 5.95 Å². The Bertz CT molecular complexity index is 1130. The Kier molecular flexibility index (Phi) is 4.62. The number of aromatic nitrogens is 5. The van der Waals surface area contributed by atoms with Crippen molar-refractivity contribution < 1.29 is 4.79 Å². The average Bonchev–Trinajstić information content (AvgIpc) is 3.18. The lowest BCUT2D eigenvalue weighted by molar-refractivity contribution is 0.0956. The minimum Gasteiger partial charge on any atom is -0.268 e. The molecule has 0 saturated heterocycles. The Morgan fingerprint density at radius 1 is 0.893 bits per heavy atom. The van der Waals surface area contributed by atoms with E-state index in [2.05, 4.69) is 31.2 Å². The number of benzene rings is 2. The summed E-state index contributed by atoms with van der Waals surface area (Å²) in [4.78, 5) is 23.3. The molecule has 0 aliphatic carbocycles. The molecular weight excluding hydrogens is 358 g/mol. The van der Waals surface area contributed by atoms with Gasteiger partial charge in [-0.1, -0.05) is 48.5 Å². The first-order chi connectivity index (χ1) is 13.7. The number of aromatic amines is 1. The molecular formula is C19H15N7O2. The van der Waals surface area contributed by atoms with E-state index in [-0.39, 0.29) is 11.3 Å². The first-order valence-electron chi connectivity index (χ1n) is 8.41. The Labute approximate surface area is 159 Å². The number of carbonyl (C=O) groups is 1. The highest BCUT2D eigenvalue weighted by atomic mass is 16.2. The molecule has 28 heavy (non-hydrogen) atoms. The average molecular weight is 373 g/mol. The third-order valence-electron chi connectivity index (χ3n) is 3.91. The van der Waals surface area contributed by atoms with Gasteiger partial charge in [-0.3, -0.25) is 25.0 Å². The standard InChI is InChI=1S/C19H15N7O2/c27-16-12-11-15(20-21-16)18(28)23-25-19-24-22-17(13-7-3-1-4-8-13)26(19)14-9-5-2-6-10-14/h1-12H,(H,21,27)(H,23,28)(H,24,25). The molecule has 138 valence electrons. The van der Waals surface area contributed by atoms with E-state index < -0.39 is 5.91 Å². The molecule has 4 aromatic rings. The summed E-state index contributed by atoms with van der Waals surface area (Å²) in [7, 11) is 0. The van der Waals surface area contributed by atoms with E-state index in [1.165, 1.54) is 12.1 Å². The lowest BCUT2D eigenvalue weighted by atomic mass is 10.2. The lowest BCUT2D eigenvalue weighted by Crippen LogP contribution is -2.32. The fourth-order valence-electron chi connectivity index (χ4n) is 2.61. The number of H-pyrrole nitrogens is 1. The van der Waals surface area contributed by atoms with E-state index in [1.807, 2.05) is 60.7 Å². The second kappa shape index (κ2) is 7.54.